The van der Waals surface area contributed by atoms with Crippen LogP contribution in [-0.2, 0) is 0 Å². The molecule has 3 aromatic rings. The van der Waals surface area contributed by atoms with Gasteiger partial charge in [0.15, 0.2) is 5.43 Å². The third kappa shape index (κ3) is 2.34. The van der Waals surface area contributed by atoms with E-state index in [-0.39, 0.29) is 29.9 Å². The number of aliphatic hydroxyl groups excluding tert-OH is 1. The Labute approximate surface area is 141 Å². The summed E-state index contributed by atoms with van der Waals surface area (Å²) in [5.41, 5.74) is 0.647. The molecule has 1 aliphatic rings. The van der Waals surface area contributed by atoms with E-state index in [2.05, 4.69) is 0 Å². The molecule has 1 atom stereocenters. The van der Waals surface area contributed by atoms with Crippen LogP contribution in [0.15, 0.2) is 57.7 Å². The van der Waals surface area contributed by atoms with Crippen molar-refractivity contribution in [3.05, 3.63) is 81.5 Å². The molecule has 0 saturated carbocycles. The van der Waals surface area contributed by atoms with Gasteiger partial charge in [0.1, 0.15) is 11.4 Å². The molecular formula is C19H14FNO4. The lowest BCUT2D eigenvalue weighted by Gasteiger charge is -2.24. The van der Waals surface area contributed by atoms with E-state index in [0.29, 0.717) is 16.5 Å². The Kier molecular flexibility index (Phi) is 3.62. The minimum absolute atomic E-state index is 0.0139. The number of hydrogen-bond acceptors (Lipinski definition) is 4. The molecule has 1 N–H and O–H groups in total. The number of aliphatic hydroxyl groups is 1. The average molecular weight is 339 g/mol. The largest absolute Gasteiger partial charge is 0.450 e. The SMILES string of the molecule is O=C1c2oc3ccccc3c(=O)c2[C@@H](c2cccc(F)c2)N1CCO. The van der Waals surface area contributed by atoms with Gasteiger partial charge in [-0.05, 0) is 29.8 Å². The zero-order chi connectivity index (χ0) is 17.6. The van der Waals surface area contributed by atoms with Crippen LogP contribution in [0.2, 0.25) is 0 Å². The van der Waals surface area contributed by atoms with Crippen molar-refractivity contribution in [3.8, 4) is 0 Å². The first-order valence-corrected chi connectivity index (χ1v) is 7.85. The van der Waals surface area contributed by atoms with Crippen molar-refractivity contribution in [2.24, 2.45) is 0 Å². The summed E-state index contributed by atoms with van der Waals surface area (Å²) < 4.78 is 19.4. The predicted molar refractivity (Wildman–Crippen MR) is 88.8 cm³/mol. The number of β-amino-alcohol motifs (C(OH)–C–C–N with tert-alkyl or cyclic N) is 1. The van der Waals surface area contributed by atoms with Gasteiger partial charge in [0.25, 0.3) is 5.91 Å². The first-order chi connectivity index (χ1) is 12.1. The zero-order valence-electron chi connectivity index (χ0n) is 13.1. The van der Waals surface area contributed by atoms with Crippen molar-refractivity contribution in [2.45, 2.75) is 6.04 Å². The van der Waals surface area contributed by atoms with Crippen molar-refractivity contribution in [1.82, 2.24) is 4.90 Å². The molecule has 0 radical (unpaired) electrons. The Hall–Kier alpha value is -2.99. The maximum Gasteiger partial charge on any atom is 0.290 e. The van der Waals surface area contributed by atoms with Crippen molar-refractivity contribution >= 4 is 16.9 Å². The minimum Gasteiger partial charge on any atom is -0.450 e. The molecule has 0 bridgehead atoms. The number of halogens is 1. The van der Waals surface area contributed by atoms with Gasteiger partial charge in [-0.15, -0.1) is 0 Å². The first-order valence-electron chi connectivity index (χ1n) is 7.85. The van der Waals surface area contributed by atoms with Crippen LogP contribution in [0.5, 0.6) is 0 Å². The van der Waals surface area contributed by atoms with E-state index in [4.69, 9.17) is 4.42 Å². The first kappa shape index (κ1) is 15.5. The van der Waals surface area contributed by atoms with Gasteiger partial charge in [-0.2, -0.15) is 0 Å². The quantitative estimate of drug-likeness (QED) is 0.796. The molecule has 0 fully saturated rings. The molecule has 1 aliphatic heterocycles. The third-order valence-corrected chi connectivity index (χ3v) is 4.38. The highest BCUT2D eigenvalue weighted by Gasteiger charge is 2.42. The molecule has 25 heavy (non-hydrogen) atoms. The molecule has 1 aromatic heterocycles. The van der Waals surface area contributed by atoms with Gasteiger partial charge in [0.2, 0.25) is 5.76 Å². The summed E-state index contributed by atoms with van der Waals surface area (Å²) >= 11 is 0. The highest BCUT2D eigenvalue weighted by atomic mass is 19.1. The summed E-state index contributed by atoms with van der Waals surface area (Å²) in [6.07, 6.45) is 0. The molecular weight excluding hydrogens is 325 g/mol. The topological polar surface area (TPSA) is 70.8 Å². The zero-order valence-corrected chi connectivity index (χ0v) is 13.1. The van der Waals surface area contributed by atoms with Gasteiger partial charge >= 0.3 is 0 Å². The monoisotopic (exact) mass is 339 g/mol. The summed E-state index contributed by atoms with van der Waals surface area (Å²) in [4.78, 5) is 27.1. The molecule has 5 nitrogen and oxygen atoms in total. The molecule has 0 spiro atoms. The van der Waals surface area contributed by atoms with Gasteiger partial charge in [-0.3, -0.25) is 9.59 Å². The molecule has 1 amide bonds. The fourth-order valence-corrected chi connectivity index (χ4v) is 3.33. The summed E-state index contributed by atoms with van der Waals surface area (Å²) in [6, 6.07) is 11.6. The van der Waals surface area contributed by atoms with Crippen molar-refractivity contribution < 1.29 is 18.7 Å². The van der Waals surface area contributed by atoms with E-state index >= 15 is 0 Å². The number of carbonyl (C=O) groups is 1. The number of carbonyl (C=O) groups excluding carboxylic acids is 1. The smallest absolute Gasteiger partial charge is 0.290 e. The second-order valence-electron chi connectivity index (χ2n) is 5.85. The maximum absolute atomic E-state index is 13.7. The van der Waals surface area contributed by atoms with Crippen molar-refractivity contribution in [3.63, 3.8) is 0 Å². The molecule has 0 saturated heterocycles. The Balaban J connectivity index is 2.02. The summed E-state index contributed by atoms with van der Waals surface area (Å²) in [5, 5.41) is 9.69. The van der Waals surface area contributed by atoms with Crippen LogP contribution in [0.4, 0.5) is 4.39 Å². The van der Waals surface area contributed by atoms with Crippen LogP contribution in [0.3, 0.4) is 0 Å². The van der Waals surface area contributed by atoms with Gasteiger partial charge in [0, 0.05) is 6.54 Å². The Morgan fingerprint density at radius 1 is 1.12 bits per heavy atom. The Morgan fingerprint density at radius 3 is 2.68 bits per heavy atom. The number of nitrogens with zero attached hydrogens (tertiary/aromatic N) is 1. The van der Waals surface area contributed by atoms with E-state index in [1.165, 1.54) is 23.1 Å². The van der Waals surface area contributed by atoms with Gasteiger partial charge in [-0.1, -0.05) is 24.3 Å². The molecule has 126 valence electrons. The van der Waals surface area contributed by atoms with Crippen LogP contribution in [-0.4, -0.2) is 29.1 Å². The summed E-state index contributed by atoms with van der Waals surface area (Å²) in [7, 11) is 0. The number of benzene rings is 2. The van der Waals surface area contributed by atoms with Gasteiger partial charge < -0.3 is 14.4 Å². The van der Waals surface area contributed by atoms with E-state index in [1.54, 1.807) is 30.3 Å². The third-order valence-electron chi connectivity index (χ3n) is 4.38. The lowest BCUT2D eigenvalue weighted by Crippen LogP contribution is -2.32. The van der Waals surface area contributed by atoms with Crippen LogP contribution in [0.25, 0.3) is 11.0 Å². The second-order valence-corrected chi connectivity index (χ2v) is 5.85. The second kappa shape index (κ2) is 5.82. The Morgan fingerprint density at radius 2 is 1.92 bits per heavy atom. The minimum atomic E-state index is -0.786. The molecule has 6 heteroatoms. The summed E-state index contributed by atoms with van der Waals surface area (Å²) in [6.45, 7) is -0.265. The van der Waals surface area contributed by atoms with Gasteiger partial charge in [0.05, 0.1) is 23.6 Å². The average Bonchev–Trinajstić information content (AvgIpc) is 2.89. The van der Waals surface area contributed by atoms with Crippen LogP contribution in [0, 0.1) is 5.82 Å². The number of amides is 1. The molecule has 0 unspecified atom stereocenters. The maximum atomic E-state index is 13.7. The number of fused-ring (bicyclic) bond motifs is 2. The van der Waals surface area contributed by atoms with Crippen LogP contribution in [0.1, 0.15) is 27.7 Å². The lowest BCUT2D eigenvalue weighted by molar-refractivity contribution is 0.0691. The van der Waals surface area contributed by atoms with Crippen molar-refractivity contribution in [1.29, 1.82) is 0 Å². The number of hydrogen-bond donors (Lipinski definition) is 1. The number of rotatable bonds is 3. The summed E-state index contributed by atoms with van der Waals surface area (Å²) in [5.74, 6) is -1.000. The molecule has 2 aromatic carbocycles. The molecule has 2 heterocycles. The van der Waals surface area contributed by atoms with E-state index < -0.39 is 17.8 Å². The Bertz CT molecular complexity index is 1040. The predicted octanol–water partition coefficient (Wildman–Crippen LogP) is 2.47. The fraction of sp³-hybridized carbons (Fsp3) is 0.158. The van der Waals surface area contributed by atoms with E-state index in [9.17, 15) is 19.1 Å². The highest BCUT2D eigenvalue weighted by Crippen LogP contribution is 2.37. The highest BCUT2D eigenvalue weighted by molar-refractivity contribution is 5.99. The lowest BCUT2D eigenvalue weighted by atomic mass is 9.98. The molecule has 4 rings (SSSR count). The van der Waals surface area contributed by atoms with Gasteiger partial charge in [-0.25, -0.2) is 4.39 Å². The normalized spacial score (nSPS) is 16.5. The van der Waals surface area contributed by atoms with Crippen molar-refractivity contribution in [2.75, 3.05) is 13.2 Å². The standard InChI is InChI=1S/C19H14FNO4/c20-12-5-3-4-11(10-12)16-15-17(23)13-6-1-2-7-14(13)25-18(15)19(24)21(16)8-9-22/h1-7,10,16,22H,8-9H2/t16-/m1/s1. The number of para-hydroxylation sites is 1. The fourth-order valence-electron chi connectivity index (χ4n) is 3.33. The van der Waals surface area contributed by atoms with E-state index in [1.807, 2.05) is 0 Å². The van der Waals surface area contributed by atoms with Crippen LogP contribution < -0.4 is 5.43 Å². The van der Waals surface area contributed by atoms with E-state index in [0.717, 1.165) is 0 Å². The molecule has 0 aliphatic carbocycles. The van der Waals surface area contributed by atoms with Crippen LogP contribution >= 0.6 is 0 Å².